The normalized spacial score (nSPS) is 40.1. The second-order valence-corrected chi connectivity index (χ2v) is 14.2. The average Bonchev–Trinajstić information content (AvgIpc) is 3.26. The van der Waals surface area contributed by atoms with Crippen LogP contribution in [0.5, 0.6) is 0 Å². The molecule has 216 valence electrons. The van der Waals surface area contributed by atoms with Crippen molar-refractivity contribution in [3.05, 3.63) is 0 Å². The van der Waals surface area contributed by atoms with Gasteiger partial charge in [-0.25, -0.2) is 0 Å². The van der Waals surface area contributed by atoms with E-state index < -0.39 is 0 Å². The number of nitrogens with two attached hydrogens (primary N) is 1. The summed E-state index contributed by atoms with van der Waals surface area (Å²) in [5.41, 5.74) is 6.59. The number of nitrogens with one attached hydrogen (secondary N) is 3. The number of unbranched alkanes of at least 4 members (excludes halogenated alkanes) is 1. The van der Waals surface area contributed by atoms with Crippen molar-refractivity contribution in [2.24, 2.45) is 52.1 Å². The Morgan fingerprint density at radius 3 is 2.19 bits per heavy atom. The monoisotopic (exact) mass is 518 g/mol. The van der Waals surface area contributed by atoms with Crippen LogP contribution in [0.1, 0.15) is 104 Å². The first kappa shape index (κ1) is 29.8. The van der Waals surface area contributed by atoms with E-state index >= 15 is 0 Å². The first-order chi connectivity index (χ1) is 17.9. The van der Waals surface area contributed by atoms with E-state index in [1.54, 1.807) is 0 Å². The molecular formula is C32H62N4O. The van der Waals surface area contributed by atoms with Gasteiger partial charge in [-0.05, 0) is 169 Å². The zero-order chi connectivity index (χ0) is 26.3. The summed E-state index contributed by atoms with van der Waals surface area (Å²) in [6.45, 7) is 14.4. The summed E-state index contributed by atoms with van der Waals surface area (Å²) in [6.07, 6.45) is 17.7. The molecule has 37 heavy (non-hydrogen) atoms. The molecule has 4 rings (SSSR count). The topological polar surface area (TPSA) is 82.3 Å². The van der Waals surface area contributed by atoms with Crippen LogP contribution in [0.3, 0.4) is 0 Å². The van der Waals surface area contributed by atoms with Gasteiger partial charge in [0, 0.05) is 12.6 Å². The summed E-state index contributed by atoms with van der Waals surface area (Å²) in [6, 6.07) is 0.740. The van der Waals surface area contributed by atoms with Gasteiger partial charge in [-0.1, -0.05) is 20.8 Å². The summed E-state index contributed by atoms with van der Waals surface area (Å²) < 4.78 is 0. The molecule has 0 aromatic heterocycles. The standard InChI is InChI=1S/C32H62N4O/c1-24(23-37)28-10-11-29-27-9-8-25-22-26(12-14-31(25,2)30(27)13-15-32(28,29)3)36-21-7-20-35-18-5-4-17-34-19-6-16-33/h24-30,34-37H,4-23,33H2,1-3H3/t24-,25-,26-,27+,28-,29+,30+,31+,32-/m1/s1. The van der Waals surface area contributed by atoms with Crippen LogP contribution in [-0.2, 0) is 0 Å². The van der Waals surface area contributed by atoms with Crippen molar-refractivity contribution >= 4 is 0 Å². The second-order valence-electron chi connectivity index (χ2n) is 14.2. The number of fused-ring (bicyclic) bond motifs is 5. The van der Waals surface area contributed by atoms with Crippen molar-refractivity contribution in [1.82, 2.24) is 16.0 Å². The van der Waals surface area contributed by atoms with Crippen molar-refractivity contribution < 1.29 is 5.11 Å². The minimum Gasteiger partial charge on any atom is -0.396 e. The summed E-state index contributed by atoms with van der Waals surface area (Å²) >= 11 is 0. The molecule has 0 aromatic rings. The fourth-order valence-electron chi connectivity index (χ4n) is 10.0. The van der Waals surface area contributed by atoms with Gasteiger partial charge in [0.2, 0.25) is 0 Å². The van der Waals surface area contributed by atoms with E-state index in [0.29, 0.717) is 23.4 Å². The Morgan fingerprint density at radius 2 is 1.46 bits per heavy atom. The van der Waals surface area contributed by atoms with Crippen molar-refractivity contribution in [2.45, 2.75) is 110 Å². The SMILES string of the molecule is C[C@H](CO)[C@H]1CC[C@H]2[C@@H]3CC[C@@H]4C[C@H](NCCCNCCCCNCCCN)CC[C@]4(C)[C@H]3CC[C@]12C. The molecule has 4 aliphatic rings. The van der Waals surface area contributed by atoms with Crippen LogP contribution < -0.4 is 21.7 Å². The molecule has 9 atom stereocenters. The lowest BCUT2D eigenvalue weighted by Gasteiger charge is -2.61. The van der Waals surface area contributed by atoms with Crippen LogP contribution in [0, 0.1) is 46.3 Å². The van der Waals surface area contributed by atoms with Gasteiger partial charge in [0.25, 0.3) is 0 Å². The molecule has 0 unspecified atom stereocenters. The van der Waals surface area contributed by atoms with Gasteiger partial charge in [0.05, 0.1) is 0 Å². The Bertz CT molecular complexity index is 675. The fourth-order valence-corrected chi connectivity index (χ4v) is 10.0. The number of aliphatic hydroxyl groups is 1. The third kappa shape index (κ3) is 6.76. The Labute approximate surface area is 229 Å². The molecule has 0 heterocycles. The maximum absolute atomic E-state index is 9.90. The highest BCUT2D eigenvalue weighted by molar-refractivity contribution is 5.10. The average molecular weight is 519 g/mol. The predicted octanol–water partition coefficient (Wildman–Crippen LogP) is 4.93. The number of hydrogen-bond donors (Lipinski definition) is 5. The van der Waals surface area contributed by atoms with Gasteiger partial charge >= 0.3 is 0 Å². The maximum atomic E-state index is 9.90. The molecule has 4 fully saturated rings. The molecule has 5 heteroatoms. The smallest absolute Gasteiger partial charge is 0.0459 e. The first-order valence-corrected chi connectivity index (χ1v) is 16.4. The second kappa shape index (κ2) is 13.9. The maximum Gasteiger partial charge on any atom is 0.0459 e. The quantitative estimate of drug-likeness (QED) is 0.199. The fraction of sp³-hybridized carbons (Fsp3) is 1.00. The third-order valence-corrected chi connectivity index (χ3v) is 12.2. The van der Waals surface area contributed by atoms with E-state index in [4.69, 9.17) is 5.73 Å². The third-order valence-electron chi connectivity index (χ3n) is 12.2. The molecule has 4 saturated carbocycles. The lowest BCUT2D eigenvalue weighted by atomic mass is 9.44. The molecule has 0 spiro atoms. The van der Waals surface area contributed by atoms with E-state index in [9.17, 15) is 5.11 Å². The molecule has 0 saturated heterocycles. The van der Waals surface area contributed by atoms with Crippen molar-refractivity contribution in [1.29, 1.82) is 0 Å². The zero-order valence-corrected chi connectivity index (χ0v) is 24.7. The Hall–Kier alpha value is -0.200. The predicted molar refractivity (Wildman–Crippen MR) is 157 cm³/mol. The highest BCUT2D eigenvalue weighted by Gasteiger charge is 2.60. The summed E-state index contributed by atoms with van der Waals surface area (Å²) in [4.78, 5) is 0. The minimum absolute atomic E-state index is 0.374. The Kier molecular flexibility index (Phi) is 11.2. The Morgan fingerprint density at radius 1 is 0.784 bits per heavy atom. The Balaban J connectivity index is 1.14. The molecule has 4 aliphatic carbocycles. The number of rotatable bonds is 15. The van der Waals surface area contributed by atoms with Crippen LogP contribution >= 0.6 is 0 Å². The number of hydrogen-bond acceptors (Lipinski definition) is 5. The molecule has 0 radical (unpaired) electrons. The highest BCUT2D eigenvalue weighted by Crippen LogP contribution is 2.68. The van der Waals surface area contributed by atoms with Gasteiger partial charge in [0.1, 0.15) is 0 Å². The molecule has 0 bridgehead atoms. The lowest BCUT2D eigenvalue weighted by Crippen LogP contribution is -2.55. The molecule has 0 amide bonds. The van der Waals surface area contributed by atoms with Crippen LogP contribution in [0.4, 0.5) is 0 Å². The first-order valence-electron chi connectivity index (χ1n) is 16.4. The molecule has 0 aliphatic heterocycles. The largest absolute Gasteiger partial charge is 0.396 e. The van der Waals surface area contributed by atoms with E-state index in [1.165, 1.54) is 83.6 Å². The van der Waals surface area contributed by atoms with E-state index in [1.807, 2.05) is 0 Å². The molecule has 0 aromatic carbocycles. The zero-order valence-electron chi connectivity index (χ0n) is 24.7. The van der Waals surface area contributed by atoms with Crippen LogP contribution in [0.15, 0.2) is 0 Å². The molecule has 6 N–H and O–H groups in total. The lowest BCUT2D eigenvalue weighted by molar-refractivity contribution is -0.118. The van der Waals surface area contributed by atoms with Crippen molar-refractivity contribution in [2.75, 3.05) is 45.9 Å². The van der Waals surface area contributed by atoms with Crippen molar-refractivity contribution in [3.63, 3.8) is 0 Å². The van der Waals surface area contributed by atoms with E-state index in [2.05, 4.69) is 36.7 Å². The van der Waals surface area contributed by atoms with Crippen LogP contribution in [-0.4, -0.2) is 57.0 Å². The summed E-state index contributed by atoms with van der Waals surface area (Å²) in [5.74, 6) is 4.96. The number of aliphatic hydroxyl groups excluding tert-OH is 1. The van der Waals surface area contributed by atoms with Crippen LogP contribution in [0.2, 0.25) is 0 Å². The van der Waals surface area contributed by atoms with Gasteiger partial charge < -0.3 is 26.8 Å². The van der Waals surface area contributed by atoms with Crippen LogP contribution in [0.25, 0.3) is 0 Å². The molecule has 5 nitrogen and oxygen atoms in total. The molecular weight excluding hydrogens is 456 g/mol. The van der Waals surface area contributed by atoms with Crippen molar-refractivity contribution in [3.8, 4) is 0 Å². The van der Waals surface area contributed by atoms with Gasteiger partial charge in [-0.3, -0.25) is 0 Å². The van der Waals surface area contributed by atoms with Gasteiger partial charge in [0.15, 0.2) is 0 Å². The minimum atomic E-state index is 0.374. The van der Waals surface area contributed by atoms with Gasteiger partial charge in [-0.15, -0.1) is 0 Å². The van der Waals surface area contributed by atoms with E-state index in [-0.39, 0.29) is 0 Å². The highest BCUT2D eigenvalue weighted by atomic mass is 16.3. The van der Waals surface area contributed by atoms with Gasteiger partial charge in [-0.2, -0.15) is 0 Å². The summed E-state index contributed by atoms with van der Waals surface area (Å²) in [5, 5.41) is 21.0. The van der Waals surface area contributed by atoms with E-state index in [0.717, 1.165) is 74.8 Å². The summed E-state index contributed by atoms with van der Waals surface area (Å²) in [7, 11) is 0.